The van der Waals surface area contributed by atoms with Crippen LogP contribution in [0.15, 0.2) is 79.4 Å². The number of para-hydroxylation sites is 1. The summed E-state index contributed by atoms with van der Waals surface area (Å²) in [5, 5.41) is 6.08. The Balaban J connectivity index is 1.49. The van der Waals surface area contributed by atoms with Gasteiger partial charge in [0.1, 0.15) is 5.58 Å². The first-order valence-electron chi connectivity index (χ1n) is 12.1. The van der Waals surface area contributed by atoms with Gasteiger partial charge in [0.2, 0.25) is 5.82 Å². The molecule has 0 amide bonds. The quantitative estimate of drug-likeness (QED) is 0.239. The molecule has 0 spiro atoms. The number of anilines is 1. The first kappa shape index (κ1) is 22.7. The molecule has 0 aliphatic carbocycles. The van der Waals surface area contributed by atoms with Crippen LogP contribution in [0, 0.1) is 13.8 Å². The van der Waals surface area contributed by atoms with Gasteiger partial charge in [-0.25, -0.2) is 4.98 Å². The van der Waals surface area contributed by atoms with Crippen LogP contribution in [-0.4, -0.2) is 29.0 Å². The van der Waals surface area contributed by atoms with Crippen molar-refractivity contribution in [3.8, 4) is 11.6 Å². The van der Waals surface area contributed by atoms with E-state index < -0.39 is 0 Å². The molecule has 1 saturated heterocycles. The van der Waals surface area contributed by atoms with E-state index in [-0.39, 0.29) is 5.56 Å². The van der Waals surface area contributed by atoms with Crippen molar-refractivity contribution in [2.24, 2.45) is 5.10 Å². The Morgan fingerprint density at radius 1 is 1.00 bits per heavy atom. The molecule has 0 atom stereocenters. The zero-order chi connectivity index (χ0) is 24.8. The van der Waals surface area contributed by atoms with Crippen LogP contribution in [0.4, 0.5) is 5.69 Å². The van der Waals surface area contributed by atoms with Crippen molar-refractivity contribution in [3.05, 3.63) is 92.2 Å². The Bertz CT molecular complexity index is 1710. The van der Waals surface area contributed by atoms with Crippen molar-refractivity contribution in [1.29, 1.82) is 0 Å². The Kier molecular flexibility index (Phi) is 5.72. The average molecular weight is 541 g/mol. The van der Waals surface area contributed by atoms with Crippen LogP contribution < -0.4 is 10.5 Å². The Hall–Kier alpha value is -3.71. The molecule has 3 aromatic carbocycles. The molecule has 2 aromatic heterocycles. The normalized spacial score (nSPS) is 14.0. The van der Waals surface area contributed by atoms with E-state index in [0.717, 1.165) is 39.7 Å². The second-order valence-electron chi connectivity index (χ2n) is 9.22. The second kappa shape index (κ2) is 9.06. The van der Waals surface area contributed by atoms with Crippen molar-refractivity contribution in [1.82, 2.24) is 9.66 Å². The largest absolute Gasteiger partial charge is 0.453 e. The minimum absolute atomic E-state index is 0.239. The van der Waals surface area contributed by atoms with E-state index in [2.05, 4.69) is 51.9 Å². The van der Waals surface area contributed by atoms with Crippen LogP contribution in [0.1, 0.15) is 29.5 Å². The first-order valence-corrected chi connectivity index (χ1v) is 12.9. The second-order valence-corrected chi connectivity index (χ2v) is 10.1. The van der Waals surface area contributed by atoms with Crippen LogP contribution in [0.5, 0.6) is 0 Å². The van der Waals surface area contributed by atoms with Gasteiger partial charge in [0.25, 0.3) is 5.56 Å². The summed E-state index contributed by atoms with van der Waals surface area (Å²) >= 11 is 3.51. The third kappa shape index (κ3) is 3.93. The molecule has 1 fully saturated rings. The van der Waals surface area contributed by atoms with Gasteiger partial charge in [0, 0.05) is 28.6 Å². The zero-order valence-corrected chi connectivity index (χ0v) is 21.7. The molecular formula is C29H25BrN4O2. The van der Waals surface area contributed by atoms with Gasteiger partial charge >= 0.3 is 0 Å². The third-order valence-electron chi connectivity index (χ3n) is 7.01. The first-order chi connectivity index (χ1) is 17.5. The van der Waals surface area contributed by atoms with Gasteiger partial charge in [0.15, 0.2) is 5.76 Å². The molecule has 0 N–H and O–H groups in total. The van der Waals surface area contributed by atoms with Gasteiger partial charge in [-0.2, -0.15) is 9.78 Å². The van der Waals surface area contributed by atoms with Crippen LogP contribution in [0.2, 0.25) is 0 Å². The lowest BCUT2D eigenvalue weighted by Gasteiger charge is -2.22. The van der Waals surface area contributed by atoms with Crippen molar-refractivity contribution < 1.29 is 4.42 Å². The number of fused-ring (bicyclic) bond motifs is 2. The predicted octanol–water partition coefficient (Wildman–Crippen LogP) is 6.67. The molecule has 7 heteroatoms. The minimum Gasteiger partial charge on any atom is -0.453 e. The Morgan fingerprint density at radius 2 is 1.81 bits per heavy atom. The summed E-state index contributed by atoms with van der Waals surface area (Å²) in [5.41, 5.74) is 5.73. The van der Waals surface area contributed by atoms with Gasteiger partial charge < -0.3 is 9.32 Å². The fraction of sp³-hybridized carbons (Fsp3) is 0.207. The number of rotatable bonds is 4. The molecule has 6 rings (SSSR count). The molecule has 180 valence electrons. The van der Waals surface area contributed by atoms with Crippen LogP contribution in [0.3, 0.4) is 0 Å². The van der Waals surface area contributed by atoms with Crippen LogP contribution in [-0.2, 0) is 0 Å². The summed E-state index contributed by atoms with van der Waals surface area (Å²) in [6.07, 6.45) is 4.22. The highest BCUT2D eigenvalue weighted by atomic mass is 79.9. The Labute approximate surface area is 217 Å². The van der Waals surface area contributed by atoms with Crippen molar-refractivity contribution in [2.75, 3.05) is 18.0 Å². The molecule has 6 nitrogen and oxygen atoms in total. The maximum absolute atomic E-state index is 13.5. The van der Waals surface area contributed by atoms with E-state index in [1.807, 2.05) is 42.5 Å². The minimum atomic E-state index is -0.239. The van der Waals surface area contributed by atoms with Crippen molar-refractivity contribution in [2.45, 2.75) is 26.7 Å². The summed E-state index contributed by atoms with van der Waals surface area (Å²) in [7, 11) is 0. The van der Waals surface area contributed by atoms with Crippen LogP contribution >= 0.6 is 15.9 Å². The number of benzene rings is 3. The molecule has 0 bridgehead atoms. The monoisotopic (exact) mass is 540 g/mol. The molecule has 0 unspecified atom stereocenters. The highest BCUT2D eigenvalue weighted by Gasteiger charge is 2.18. The molecule has 1 aliphatic rings. The summed E-state index contributed by atoms with van der Waals surface area (Å²) in [6, 6.07) is 19.2. The number of hydrogen-bond donors (Lipinski definition) is 0. The maximum Gasteiger partial charge on any atom is 0.282 e. The molecule has 0 saturated carbocycles. The summed E-state index contributed by atoms with van der Waals surface area (Å²) in [4.78, 5) is 20.8. The van der Waals surface area contributed by atoms with Crippen LogP contribution in [0.25, 0.3) is 33.5 Å². The number of halogens is 1. The highest BCUT2D eigenvalue weighted by molar-refractivity contribution is 9.10. The summed E-state index contributed by atoms with van der Waals surface area (Å²) < 4.78 is 8.40. The lowest BCUT2D eigenvalue weighted by atomic mass is 10.0. The van der Waals surface area contributed by atoms with E-state index in [4.69, 9.17) is 9.40 Å². The molecule has 36 heavy (non-hydrogen) atoms. The number of aromatic nitrogens is 2. The number of hydrogen-bond acceptors (Lipinski definition) is 5. The Morgan fingerprint density at radius 3 is 2.64 bits per heavy atom. The maximum atomic E-state index is 13.5. The third-order valence-corrected chi connectivity index (χ3v) is 7.51. The van der Waals surface area contributed by atoms with Gasteiger partial charge in [-0.1, -0.05) is 34.1 Å². The standard InChI is InChI=1S/C29H25BrN4O2/c1-18-19(2)25(33-13-5-6-14-33)11-9-20(18)17-31-34-28(32-24-8-4-3-7-23(24)29(34)35)27-16-21-15-22(30)10-12-26(21)36-27/h3-4,7-12,15-17H,5-6,13-14H2,1-2H3. The molecular weight excluding hydrogens is 516 g/mol. The highest BCUT2D eigenvalue weighted by Crippen LogP contribution is 2.30. The van der Waals surface area contributed by atoms with E-state index in [0.29, 0.717) is 22.5 Å². The topological polar surface area (TPSA) is 63.6 Å². The summed E-state index contributed by atoms with van der Waals surface area (Å²) in [6.45, 7) is 6.46. The average Bonchev–Trinajstić information content (AvgIpc) is 3.56. The van der Waals surface area contributed by atoms with E-state index in [1.165, 1.54) is 28.8 Å². The fourth-order valence-corrected chi connectivity index (χ4v) is 5.28. The lowest BCUT2D eigenvalue weighted by Crippen LogP contribution is -2.20. The SMILES string of the molecule is Cc1c(C=Nn2c(-c3cc4cc(Br)ccc4o3)nc3ccccc3c2=O)ccc(N2CCCC2)c1C. The van der Waals surface area contributed by atoms with Gasteiger partial charge in [-0.05, 0) is 85.8 Å². The molecule has 3 heterocycles. The zero-order valence-electron chi connectivity index (χ0n) is 20.2. The van der Waals surface area contributed by atoms with Crippen molar-refractivity contribution >= 4 is 49.7 Å². The van der Waals surface area contributed by atoms with E-state index in [9.17, 15) is 4.79 Å². The van der Waals surface area contributed by atoms with Gasteiger partial charge in [-0.3, -0.25) is 4.79 Å². The summed E-state index contributed by atoms with van der Waals surface area (Å²) in [5.74, 6) is 0.853. The van der Waals surface area contributed by atoms with Gasteiger partial charge in [-0.15, -0.1) is 0 Å². The molecule has 0 radical (unpaired) electrons. The van der Waals surface area contributed by atoms with Crippen molar-refractivity contribution in [3.63, 3.8) is 0 Å². The number of furan rings is 1. The lowest BCUT2D eigenvalue weighted by molar-refractivity contribution is 0.616. The smallest absolute Gasteiger partial charge is 0.282 e. The van der Waals surface area contributed by atoms with E-state index in [1.54, 1.807) is 12.3 Å². The fourth-order valence-electron chi connectivity index (χ4n) is 4.90. The predicted molar refractivity (Wildman–Crippen MR) is 149 cm³/mol. The molecule has 1 aliphatic heterocycles. The van der Waals surface area contributed by atoms with Gasteiger partial charge in [0.05, 0.1) is 17.1 Å². The van der Waals surface area contributed by atoms with E-state index >= 15 is 0 Å². The number of nitrogens with zero attached hydrogens (tertiary/aromatic N) is 4. The molecule has 5 aromatic rings.